The number of nitrogens with one attached hydrogen (secondary N) is 2. The van der Waals surface area contributed by atoms with Crippen molar-refractivity contribution in [1.82, 2.24) is 15.2 Å². The van der Waals surface area contributed by atoms with E-state index in [1.165, 1.54) is 0 Å². The number of carbonyl (C=O) groups excluding carboxylic acids is 1. The highest BCUT2D eigenvalue weighted by molar-refractivity contribution is 5.98. The minimum absolute atomic E-state index is 0.0735. The number of rotatable bonds is 1. The molecule has 4 rings (SSSR count). The van der Waals surface area contributed by atoms with Crippen molar-refractivity contribution in [3.63, 3.8) is 0 Å². The lowest BCUT2D eigenvalue weighted by Gasteiger charge is -2.35. The second kappa shape index (κ2) is 4.34. The molecule has 0 spiro atoms. The molecule has 0 radical (unpaired) electrons. The molecule has 2 unspecified atom stereocenters. The van der Waals surface area contributed by atoms with Crippen LogP contribution in [0.4, 0.5) is 0 Å². The molecular formula is C17H21N3O. The lowest BCUT2D eigenvalue weighted by atomic mass is 9.84. The Morgan fingerprint density at radius 3 is 2.95 bits per heavy atom. The van der Waals surface area contributed by atoms with Crippen LogP contribution in [0.5, 0.6) is 0 Å². The largest absolute Gasteiger partial charge is 0.361 e. The highest BCUT2D eigenvalue weighted by atomic mass is 16.2. The SMILES string of the molecule is CC1(C)C2CNCC2CN1C(=O)c1ccc2cc[nH]c2c1. The van der Waals surface area contributed by atoms with Crippen molar-refractivity contribution in [3.05, 3.63) is 36.0 Å². The van der Waals surface area contributed by atoms with Crippen molar-refractivity contribution in [3.8, 4) is 0 Å². The van der Waals surface area contributed by atoms with Gasteiger partial charge in [0, 0.05) is 42.5 Å². The van der Waals surface area contributed by atoms with Gasteiger partial charge in [-0.2, -0.15) is 0 Å². The van der Waals surface area contributed by atoms with Gasteiger partial charge in [-0.15, -0.1) is 0 Å². The zero-order chi connectivity index (χ0) is 14.6. The molecular weight excluding hydrogens is 262 g/mol. The highest BCUT2D eigenvalue weighted by Crippen LogP contribution is 2.41. The van der Waals surface area contributed by atoms with Crippen molar-refractivity contribution in [1.29, 1.82) is 0 Å². The number of hydrogen-bond donors (Lipinski definition) is 2. The summed E-state index contributed by atoms with van der Waals surface area (Å²) in [6, 6.07) is 7.96. The lowest BCUT2D eigenvalue weighted by Crippen LogP contribution is -2.47. The maximum atomic E-state index is 13.0. The number of aromatic nitrogens is 1. The maximum absolute atomic E-state index is 13.0. The molecule has 2 aromatic rings. The van der Waals surface area contributed by atoms with Gasteiger partial charge in [-0.25, -0.2) is 0 Å². The molecule has 2 aliphatic heterocycles. The van der Waals surface area contributed by atoms with E-state index in [2.05, 4.69) is 29.0 Å². The first kappa shape index (κ1) is 12.9. The first-order valence-electron chi connectivity index (χ1n) is 7.67. The normalized spacial score (nSPS) is 27.2. The van der Waals surface area contributed by atoms with Gasteiger partial charge in [0.05, 0.1) is 0 Å². The summed E-state index contributed by atoms with van der Waals surface area (Å²) < 4.78 is 0. The van der Waals surface area contributed by atoms with Crippen LogP contribution in [0.3, 0.4) is 0 Å². The molecule has 2 atom stereocenters. The summed E-state index contributed by atoms with van der Waals surface area (Å²) in [6.07, 6.45) is 1.91. The Balaban J connectivity index is 1.68. The Morgan fingerprint density at radius 1 is 1.29 bits per heavy atom. The van der Waals surface area contributed by atoms with E-state index in [4.69, 9.17) is 0 Å². The fourth-order valence-electron chi connectivity index (χ4n) is 4.10. The number of aromatic amines is 1. The second-order valence-corrected chi connectivity index (χ2v) is 6.87. The lowest BCUT2D eigenvalue weighted by molar-refractivity contribution is 0.0603. The van der Waals surface area contributed by atoms with E-state index < -0.39 is 0 Å². The number of carbonyl (C=O) groups is 1. The molecule has 4 heteroatoms. The van der Waals surface area contributed by atoms with E-state index in [0.29, 0.717) is 11.8 Å². The fourth-order valence-corrected chi connectivity index (χ4v) is 4.10. The summed E-state index contributed by atoms with van der Waals surface area (Å²) in [5.41, 5.74) is 1.74. The molecule has 1 aromatic heterocycles. The van der Waals surface area contributed by atoms with Gasteiger partial charge in [0.15, 0.2) is 0 Å². The van der Waals surface area contributed by atoms with Crippen LogP contribution in [0.15, 0.2) is 30.5 Å². The molecule has 4 nitrogen and oxygen atoms in total. The molecule has 1 amide bonds. The number of H-pyrrole nitrogens is 1. The van der Waals surface area contributed by atoms with Crippen LogP contribution in [-0.4, -0.2) is 41.0 Å². The summed E-state index contributed by atoms with van der Waals surface area (Å²) in [6.45, 7) is 7.34. The smallest absolute Gasteiger partial charge is 0.254 e. The molecule has 3 heterocycles. The summed E-state index contributed by atoms with van der Waals surface area (Å²) in [4.78, 5) is 18.2. The zero-order valence-corrected chi connectivity index (χ0v) is 12.5. The van der Waals surface area contributed by atoms with Crippen LogP contribution in [0.2, 0.25) is 0 Å². The van der Waals surface area contributed by atoms with Crippen LogP contribution in [-0.2, 0) is 0 Å². The average molecular weight is 283 g/mol. The summed E-state index contributed by atoms with van der Waals surface area (Å²) in [5.74, 6) is 1.32. The fraction of sp³-hybridized carbons (Fsp3) is 0.471. The molecule has 1 aromatic carbocycles. The number of hydrogen-bond acceptors (Lipinski definition) is 2. The Labute approximate surface area is 124 Å². The third kappa shape index (κ3) is 1.82. The Morgan fingerprint density at radius 2 is 2.14 bits per heavy atom. The zero-order valence-electron chi connectivity index (χ0n) is 12.5. The predicted molar refractivity (Wildman–Crippen MR) is 83.3 cm³/mol. The number of nitrogens with zero attached hydrogens (tertiary/aromatic N) is 1. The minimum Gasteiger partial charge on any atom is -0.361 e. The van der Waals surface area contributed by atoms with Gasteiger partial charge < -0.3 is 15.2 Å². The monoisotopic (exact) mass is 283 g/mol. The average Bonchev–Trinajstić information content (AvgIpc) is 3.15. The van der Waals surface area contributed by atoms with Gasteiger partial charge in [0.25, 0.3) is 5.91 Å². The second-order valence-electron chi connectivity index (χ2n) is 6.87. The number of fused-ring (bicyclic) bond motifs is 2. The van der Waals surface area contributed by atoms with E-state index in [1.54, 1.807) is 0 Å². The van der Waals surface area contributed by atoms with E-state index >= 15 is 0 Å². The van der Waals surface area contributed by atoms with Gasteiger partial charge in [-0.3, -0.25) is 4.79 Å². The highest BCUT2D eigenvalue weighted by Gasteiger charge is 2.51. The van der Waals surface area contributed by atoms with Gasteiger partial charge in [0.2, 0.25) is 0 Å². The molecule has 0 bridgehead atoms. The van der Waals surface area contributed by atoms with Gasteiger partial charge in [-0.05, 0) is 49.3 Å². The van der Waals surface area contributed by atoms with Crippen LogP contribution in [0, 0.1) is 11.8 Å². The van der Waals surface area contributed by atoms with Crippen LogP contribution < -0.4 is 5.32 Å². The van der Waals surface area contributed by atoms with E-state index in [9.17, 15) is 4.79 Å². The molecule has 0 aliphatic carbocycles. The van der Waals surface area contributed by atoms with Crippen LogP contribution in [0.1, 0.15) is 24.2 Å². The van der Waals surface area contributed by atoms with Gasteiger partial charge in [0.1, 0.15) is 0 Å². The molecule has 0 saturated carbocycles. The standard InChI is InChI=1S/C17H21N3O/c1-17(2)14-9-18-8-13(14)10-20(17)16(21)12-4-3-11-5-6-19-15(11)7-12/h3-7,13-14,18-19H,8-10H2,1-2H3. The van der Waals surface area contributed by atoms with E-state index in [-0.39, 0.29) is 11.4 Å². The molecule has 2 fully saturated rings. The molecule has 21 heavy (non-hydrogen) atoms. The van der Waals surface area contributed by atoms with Crippen LogP contribution in [0.25, 0.3) is 10.9 Å². The van der Waals surface area contributed by atoms with Crippen molar-refractivity contribution in [2.75, 3.05) is 19.6 Å². The minimum atomic E-state index is -0.0735. The van der Waals surface area contributed by atoms with Gasteiger partial charge in [-0.1, -0.05) is 6.07 Å². The topological polar surface area (TPSA) is 48.1 Å². The summed E-state index contributed by atoms with van der Waals surface area (Å²) in [7, 11) is 0. The number of likely N-dealkylation sites (tertiary alicyclic amines) is 1. The third-order valence-corrected chi connectivity index (χ3v) is 5.41. The first-order chi connectivity index (χ1) is 10.1. The Kier molecular flexibility index (Phi) is 2.67. The van der Waals surface area contributed by atoms with Crippen molar-refractivity contribution < 1.29 is 4.79 Å². The Hall–Kier alpha value is -1.81. The molecule has 2 saturated heterocycles. The van der Waals surface area contributed by atoms with E-state index in [0.717, 1.165) is 36.1 Å². The quantitative estimate of drug-likeness (QED) is 0.843. The van der Waals surface area contributed by atoms with Crippen molar-refractivity contribution >= 4 is 16.8 Å². The molecule has 110 valence electrons. The van der Waals surface area contributed by atoms with Gasteiger partial charge >= 0.3 is 0 Å². The molecule has 2 N–H and O–H groups in total. The van der Waals surface area contributed by atoms with Crippen LogP contribution >= 0.6 is 0 Å². The molecule has 2 aliphatic rings. The maximum Gasteiger partial charge on any atom is 0.254 e. The van der Waals surface area contributed by atoms with E-state index in [1.807, 2.05) is 30.5 Å². The van der Waals surface area contributed by atoms with Crippen molar-refractivity contribution in [2.24, 2.45) is 11.8 Å². The summed E-state index contributed by atoms with van der Waals surface area (Å²) in [5, 5.41) is 4.60. The number of benzene rings is 1. The van der Waals surface area contributed by atoms with Crippen molar-refractivity contribution in [2.45, 2.75) is 19.4 Å². The number of amides is 1. The predicted octanol–water partition coefficient (Wildman–Crippen LogP) is 2.24. The Bertz CT molecular complexity index is 703. The third-order valence-electron chi connectivity index (χ3n) is 5.41. The summed E-state index contributed by atoms with van der Waals surface area (Å²) >= 11 is 0. The first-order valence-corrected chi connectivity index (χ1v) is 7.67.